The van der Waals surface area contributed by atoms with Crippen molar-refractivity contribution in [1.82, 2.24) is 0 Å². The van der Waals surface area contributed by atoms with Crippen LogP contribution in [0.3, 0.4) is 0 Å². The largest absolute Gasteiger partial charge is 0.0636 e. The van der Waals surface area contributed by atoms with Crippen molar-refractivity contribution in [2.75, 3.05) is 0 Å². The van der Waals surface area contributed by atoms with Gasteiger partial charge in [-0.1, -0.05) is 175 Å². The minimum atomic E-state index is -1.17. The van der Waals surface area contributed by atoms with E-state index in [4.69, 9.17) is 24.7 Å². The molecule has 0 heteroatoms. The molecule has 10 aromatic carbocycles. The second-order valence-electron chi connectivity index (χ2n) is 10.8. The molecule has 0 saturated carbocycles. The van der Waals surface area contributed by atoms with Crippen LogP contribution in [-0.2, 0) is 0 Å². The van der Waals surface area contributed by atoms with Crippen LogP contribution < -0.4 is 0 Å². The van der Waals surface area contributed by atoms with Gasteiger partial charge in [-0.05, 0) is 116 Å². The summed E-state index contributed by atoms with van der Waals surface area (Å²) in [5.41, 5.74) is -6.67. The maximum atomic E-state index is 10.3. The molecule has 10 rings (SSSR count). The lowest BCUT2D eigenvalue weighted by Crippen LogP contribution is -1.93. The third kappa shape index (κ3) is 4.61. The predicted octanol–water partition coefficient (Wildman–Crippen LogP) is 14.1. The normalized spacial score (nSPS) is 20.3. The number of benzene rings is 10. The van der Waals surface area contributed by atoms with E-state index in [1.54, 1.807) is 0 Å². The van der Waals surface area contributed by atoms with Crippen molar-refractivity contribution >= 4 is 53.9 Å². The van der Waals surface area contributed by atoms with E-state index in [0.717, 1.165) is 6.07 Å². The zero-order valence-corrected chi connectivity index (χ0v) is 25.1. The lowest BCUT2D eigenvalue weighted by Gasteiger charge is -2.20. The third-order valence-electron chi connectivity index (χ3n) is 8.07. The molecular formula is C50H32. The van der Waals surface area contributed by atoms with Crippen LogP contribution in [0.5, 0.6) is 0 Å². The molecule has 0 nitrogen and oxygen atoms in total. The van der Waals surface area contributed by atoms with Crippen molar-refractivity contribution in [1.29, 1.82) is 0 Å². The third-order valence-corrected chi connectivity index (χ3v) is 8.07. The number of hydrogen-bond acceptors (Lipinski definition) is 0. The molecule has 0 aromatic heterocycles. The average molecular weight is 664 g/mol. The van der Waals surface area contributed by atoms with E-state index in [2.05, 4.69) is 0 Å². The first kappa shape index (κ1) is 11.3. The van der Waals surface area contributed by atoms with E-state index in [-0.39, 0.29) is 0 Å². The lowest BCUT2D eigenvalue weighted by molar-refractivity contribution is 1.62. The Morgan fingerprint density at radius 2 is 0.820 bits per heavy atom. The summed E-state index contributed by atoms with van der Waals surface area (Å²) in [5, 5.41) is -7.51. The second kappa shape index (κ2) is 11.6. The molecule has 0 heterocycles. The van der Waals surface area contributed by atoms with Gasteiger partial charge in [0.1, 0.15) is 0 Å². The molecule has 0 aliphatic rings. The fourth-order valence-electron chi connectivity index (χ4n) is 5.90. The highest BCUT2D eigenvalue weighted by molar-refractivity contribution is 6.24. The molecule has 232 valence electrons. The summed E-state index contributed by atoms with van der Waals surface area (Å²) in [6.45, 7) is 0. The van der Waals surface area contributed by atoms with Gasteiger partial charge in [0.15, 0.2) is 0 Å². The van der Waals surface area contributed by atoms with Gasteiger partial charge in [0, 0.05) is 0 Å². The number of fused-ring (bicyclic) bond motifs is 5. The predicted molar refractivity (Wildman–Crippen MR) is 216 cm³/mol. The van der Waals surface area contributed by atoms with Gasteiger partial charge in [0.2, 0.25) is 0 Å². The fraction of sp³-hybridized carbons (Fsp3) is 0. The molecule has 0 fully saturated rings. The highest BCUT2D eigenvalue weighted by atomic mass is 14.2. The van der Waals surface area contributed by atoms with E-state index in [0.29, 0.717) is 0 Å². The molecule has 0 N–H and O–H groups in total. The maximum Gasteiger partial charge on any atom is 0.0636 e. The van der Waals surface area contributed by atoms with Crippen LogP contribution in [-0.4, -0.2) is 0 Å². The molecule has 0 aliphatic carbocycles. The second-order valence-corrected chi connectivity index (χ2v) is 10.8. The topological polar surface area (TPSA) is 0 Å². The summed E-state index contributed by atoms with van der Waals surface area (Å²) in [6, 6.07) is -29.5. The zero-order chi connectivity index (χ0) is 60.0. The monoisotopic (exact) mass is 663 g/mol. The molecule has 0 saturated heterocycles. The van der Waals surface area contributed by atoms with Gasteiger partial charge in [-0.15, -0.1) is 0 Å². The maximum absolute atomic E-state index is 10.3. The van der Waals surface area contributed by atoms with Gasteiger partial charge >= 0.3 is 0 Å². The molecule has 10 aromatic rings. The van der Waals surface area contributed by atoms with Gasteiger partial charge in [0.25, 0.3) is 0 Å². The lowest BCUT2D eigenvalue weighted by atomic mass is 9.83. The summed E-state index contributed by atoms with van der Waals surface area (Å²) in [5.74, 6) is 0. The molecule has 0 bridgehead atoms. The van der Waals surface area contributed by atoms with Crippen LogP contribution in [0, 0.1) is 0 Å². The van der Waals surface area contributed by atoms with Crippen molar-refractivity contribution in [2.45, 2.75) is 0 Å². The summed E-state index contributed by atoms with van der Waals surface area (Å²) in [4.78, 5) is 0. The Balaban J connectivity index is 1.59. The standard InChI is InChI=1S/C50H32/c1-2-15-36-30-38(27-26-33(36)12-1)37-18-9-19-40(31-37)49-45-22-7-8-23-46(45)50(44-25-11-17-35-14-4-6-21-42(35)44)47-29-28-39(32-48(47)49)43-24-10-16-34-13-3-5-20-41(34)43/h1-32H/i1D,2D,3D,4D,5D,6D,7D,8D,9D,10D,11D,12D,13D,14D,15D,16D,17D,19D,20D,21D,22D,23D,24D,25D,26D,27D,28D,29D,30D,31D,32D. The van der Waals surface area contributed by atoms with Crippen molar-refractivity contribution in [3.05, 3.63) is 193 Å². The summed E-state index contributed by atoms with van der Waals surface area (Å²) in [6.07, 6.45) is 0. The molecule has 0 unspecified atom stereocenters. The van der Waals surface area contributed by atoms with Crippen molar-refractivity contribution in [3.63, 3.8) is 0 Å². The fourth-order valence-corrected chi connectivity index (χ4v) is 5.90. The minimum Gasteiger partial charge on any atom is -0.0616 e. The molecule has 50 heavy (non-hydrogen) atoms. The summed E-state index contributed by atoms with van der Waals surface area (Å²) >= 11 is 0. The molecular weight excluding hydrogens is 601 g/mol. The summed E-state index contributed by atoms with van der Waals surface area (Å²) in [7, 11) is 0. The first-order valence-electron chi connectivity index (χ1n) is 30.3. The van der Waals surface area contributed by atoms with Crippen molar-refractivity contribution in [3.8, 4) is 44.5 Å². The number of hydrogen-bond donors (Lipinski definition) is 0. The Bertz CT molecular complexity index is 4680. The SMILES string of the molecule is [2H]c1cc(-c2c([2H])c([2H])c3c([2H])c([2H])c([2H])c([2H])c3c2[2H])c([2H])c(-c2c3c([2H])c([2H])c([2H])c([2H])c3c(-c3c([2H])c([2H])c([2H])c4c([2H])c([2H])c([2H])c([2H])c34)c3c([2H])c([2H])c(-c4c([2H])c([2H])c([2H])c5c([2H])c([2H])c([2H])c([2H])c45)c([2H])c23)c1[2H]. The van der Waals surface area contributed by atoms with Crippen LogP contribution in [0.2, 0.25) is 0 Å². The van der Waals surface area contributed by atoms with Gasteiger partial charge < -0.3 is 0 Å². The van der Waals surface area contributed by atoms with E-state index in [9.17, 15) is 17.8 Å². The molecule has 0 spiro atoms. The average Bonchev–Trinajstić information content (AvgIpc) is 1.94. The van der Waals surface area contributed by atoms with Crippen LogP contribution >= 0.6 is 0 Å². The van der Waals surface area contributed by atoms with Crippen LogP contribution in [0.15, 0.2) is 193 Å². The highest BCUT2D eigenvalue weighted by Crippen LogP contribution is 2.47. The minimum absolute atomic E-state index is 0.570. The van der Waals surface area contributed by atoms with E-state index in [1.165, 1.54) is 0 Å². The zero-order valence-electron chi connectivity index (χ0n) is 56.1. The molecule has 0 radical (unpaired) electrons. The molecule has 0 amide bonds. The van der Waals surface area contributed by atoms with Crippen LogP contribution in [0.1, 0.15) is 42.5 Å². The van der Waals surface area contributed by atoms with Crippen molar-refractivity contribution in [2.24, 2.45) is 0 Å². The molecule has 0 atom stereocenters. The molecule has 0 aliphatic heterocycles. The summed E-state index contributed by atoms with van der Waals surface area (Å²) < 4.78 is 282. The smallest absolute Gasteiger partial charge is 0.0616 e. The Morgan fingerprint density at radius 1 is 0.260 bits per heavy atom. The van der Waals surface area contributed by atoms with Crippen LogP contribution in [0.4, 0.5) is 0 Å². The Hall–Kier alpha value is -6.50. The Kier molecular flexibility index (Phi) is 2.61. The van der Waals surface area contributed by atoms with Gasteiger partial charge in [-0.25, -0.2) is 0 Å². The number of rotatable bonds is 4. The van der Waals surface area contributed by atoms with Crippen molar-refractivity contribution < 1.29 is 42.5 Å². The van der Waals surface area contributed by atoms with Gasteiger partial charge in [-0.2, -0.15) is 0 Å². The quantitative estimate of drug-likeness (QED) is 0.164. The van der Waals surface area contributed by atoms with E-state index < -0.39 is 286 Å². The van der Waals surface area contributed by atoms with Gasteiger partial charge in [-0.3, -0.25) is 0 Å². The Morgan fingerprint density at radius 3 is 1.58 bits per heavy atom. The van der Waals surface area contributed by atoms with Crippen LogP contribution in [0.25, 0.3) is 98.4 Å². The van der Waals surface area contributed by atoms with E-state index in [1.807, 2.05) is 0 Å². The highest BCUT2D eigenvalue weighted by Gasteiger charge is 2.19. The first-order chi connectivity index (χ1) is 37.7. The van der Waals surface area contributed by atoms with Gasteiger partial charge in [0.05, 0.1) is 42.5 Å². The first-order valence-corrected chi connectivity index (χ1v) is 14.8. The van der Waals surface area contributed by atoms with E-state index >= 15 is 0 Å². The Labute approximate surface area is 335 Å².